The number of fused-ring (bicyclic) bond motifs is 1. The fraction of sp³-hybridized carbons (Fsp3) is 0.522. The predicted octanol–water partition coefficient (Wildman–Crippen LogP) is 2.21. The van der Waals surface area contributed by atoms with Gasteiger partial charge in [0.2, 0.25) is 5.91 Å². The summed E-state index contributed by atoms with van der Waals surface area (Å²) in [4.78, 5) is 45.6. The van der Waals surface area contributed by atoms with Gasteiger partial charge in [-0.15, -0.1) is 0 Å². The van der Waals surface area contributed by atoms with Crippen LogP contribution in [0.25, 0.3) is 11.2 Å². The Morgan fingerprint density at radius 1 is 1.15 bits per heavy atom. The summed E-state index contributed by atoms with van der Waals surface area (Å²) in [5.74, 6) is 1.39. The molecular weight excluding hydrogens is 424 g/mol. The summed E-state index contributed by atoms with van der Waals surface area (Å²) in [5.41, 5.74) is -0.138. The lowest BCUT2D eigenvalue weighted by atomic mass is 9.90. The number of aromatic nitrogens is 5. The second-order valence-electron chi connectivity index (χ2n) is 8.63. The standard InChI is InChI=1S/C23H30N6O4/c1-27-21-19(22(31)28(2)23(27)32)29(15-25-21)13-7-11-18(30)26-20-17(10-6-12-24-20)33-14-16-8-4-3-5-9-16/h6,10,12,15-16H,3-5,7-9,11,13-14H2,1-2H3,(H,24,26,30). The molecule has 0 unspecified atom stereocenters. The molecule has 0 spiro atoms. The van der Waals surface area contributed by atoms with Crippen molar-refractivity contribution in [2.24, 2.45) is 20.0 Å². The Kier molecular flexibility index (Phi) is 6.90. The van der Waals surface area contributed by atoms with Crippen molar-refractivity contribution in [2.75, 3.05) is 11.9 Å². The van der Waals surface area contributed by atoms with E-state index in [2.05, 4.69) is 15.3 Å². The highest BCUT2D eigenvalue weighted by molar-refractivity contribution is 5.91. The number of amides is 1. The molecule has 0 radical (unpaired) electrons. The van der Waals surface area contributed by atoms with Crippen LogP contribution in [0.1, 0.15) is 44.9 Å². The fourth-order valence-corrected chi connectivity index (χ4v) is 4.33. The molecule has 0 saturated heterocycles. The van der Waals surface area contributed by atoms with Crippen LogP contribution in [0.2, 0.25) is 0 Å². The molecule has 0 aromatic carbocycles. The third kappa shape index (κ3) is 4.99. The first kappa shape index (κ1) is 22.8. The Morgan fingerprint density at radius 2 is 1.94 bits per heavy atom. The first-order valence-electron chi connectivity index (χ1n) is 11.4. The number of nitrogens with zero attached hydrogens (tertiary/aromatic N) is 5. The molecule has 3 heterocycles. The van der Waals surface area contributed by atoms with Crippen LogP contribution in [-0.2, 0) is 25.4 Å². The van der Waals surface area contributed by atoms with Crippen LogP contribution in [0.5, 0.6) is 5.75 Å². The molecule has 0 aliphatic heterocycles. The van der Waals surface area contributed by atoms with Crippen LogP contribution in [0.15, 0.2) is 34.2 Å². The second kappa shape index (κ2) is 10.0. The van der Waals surface area contributed by atoms with Gasteiger partial charge in [-0.2, -0.15) is 0 Å². The van der Waals surface area contributed by atoms with Gasteiger partial charge in [0.1, 0.15) is 0 Å². The zero-order chi connectivity index (χ0) is 23.4. The van der Waals surface area contributed by atoms with E-state index < -0.39 is 11.2 Å². The molecule has 4 rings (SSSR count). The van der Waals surface area contributed by atoms with E-state index in [1.54, 1.807) is 23.9 Å². The number of rotatable bonds is 8. The first-order chi connectivity index (χ1) is 16.0. The van der Waals surface area contributed by atoms with Gasteiger partial charge >= 0.3 is 5.69 Å². The summed E-state index contributed by atoms with van der Waals surface area (Å²) in [5, 5.41) is 2.84. The van der Waals surface area contributed by atoms with Crippen LogP contribution in [0.4, 0.5) is 5.82 Å². The number of imidazole rings is 1. The molecule has 3 aromatic rings. The fourth-order valence-electron chi connectivity index (χ4n) is 4.33. The van der Waals surface area contributed by atoms with Gasteiger partial charge in [-0.05, 0) is 37.3 Å². The van der Waals surface area contributed by atoms with Crippen molar-refractivity contribution in [1.29, 1.82) is 0 Å². The first-order valence-corrected chi connectivity index (χ1v) is 11.4. The summed E-state index contributed by atoms with van der Waals surface area (Å²) in [6, 6.07) is 3.62. The number of carbonyl (C=O) groups excluding carboxylic acids is 1. The zero-order valence-electron chi connectivity index (χ0n) is 19.1. The van der Waals surface area contributed by atoms with E-state index in [4.69, 9.17) is 4.74 Å². The van der Waals surface area contributed by atoms with Crippen LogP contribution in [0, 0.1) is 5.92 Å². The Hall–Kier alpha value is -3.43. The molecule has 10 nitrogen and oxygen atoms in total. The molecule has 1 amide bonds. The Bertz CT molecular complexity index is 1250. The monoisotopic (exact) mass is 454 g/mol. The van der Waals surface area contributed by atoms with Crippen LogP contribution < -0.4 is 21.3 Å². The van der Waals surface area contributed by atoms with Crippen molar-refractivity contribution >= 4 is 22.9 Å². The van der Waals surface area contributed by atoms with Crippen LogP contribution in [0.3, 0.4) is 0 Å². The highest BCUT2D eigenvalue weighted by Crippen LogP contribution is 2.27. The Labute approximate surface area is 191 Å². The van der Waals surface area contributed by atoms with Gasteiger partial charge in [0, 0.05) is 33.3 Å². The van der Waals surface area contributed by atoms with Crippen molar-refractivity contribution in [3.05, 3.63) is 45.5 Å². The average Bonchev–Trinajstić information content (AvgIpc) is 3.25. The molecule has 3 aromatic heterocycles. The summed E-state index contributed by atoms with van der Waals surface area (Å²) >= 11 is 0. The lowest BCUT2D eigenvalue weighted by Crippen LogP contribution is -2.37. The van der Waals surface area contributed by atoms with E-state index in [0.29, 0.717) is 48.2 Å². The number of hydrogen-bond donors (Lipinski definition) is 1. The maximum Gasteiger partial charge on any atom is 0.332 e. The van der Waals surface area contributed by atoms with E-state index in [9.17, 15) is 14.4 Å². The maximum atomic E-state index is 12.5. The molecule has 10 heteroatoms. The van der Waals surface area contributed by atoms with Gasteiger partial charge in [0.05, 0.1) is 12.9 Å². The molecule has 1 aliphatic rings. The zero-order valence-corrected chi connectivity index (χ0v) is 19.1. The van der Waals surface area contributed by atoms with E-state index >= 15 is 0 Å². The van der Waals surface area contributed by atoms with Crippen molar-refractivity contribution in [2.45, 2.75) is 51.5 Å². The highest BCUT2D eigenvalue weighted by atomic mass is 16.5. The summed E-state index contributed by atoms with van der Waals surface area (Å²) in [6.07, 6.45) is 10.0. The van der Waals surface area contributed by atoms with Crippen molar-refractivity contribution in [3.63, 3.8) is 0 Å². The largest absolute Gasteiger partial charge is 0.489 e. The minimum Gasteiger partial charge on any atom is -0.489 e. The minimum absolute atomic E-state index is 0.180. The molecule has 0 bridgehead atoms. The predicted molar refractivity (Wildman–Crippen MR) is 124 cm³/mol. The smallest absolute Gasteiger partial charge is 0.332 e. The second-order valence-corrected chi connectivity index (χ2v) is 8.63. The molecule has 1 aliphatic carbocycles. The van der Waals surface area contributed by atoms with Gasteiger partial charge in [-0.1, -0.05) is 19.3 Å². The maximum absolute atomic E-state index is 12.5. The van der Waals surface area contributed by atoms with Gasteiger partial charge in [0.25, 0.3) is 5.56 Å². The lowest BCUT2D eigenvalue weighted by molar-refractivity contribution is -0.116. The highest BCUT2D eigenvalue weighted by Gasteiger charge is 2.17. The summed E-state index contributed by atoms with van der Waals surface area (Å²) < 4.78 is 10.1. The Balaban J connectivity index is 1.35. The van der Waals surface area contributed by atoms with E-state index in [-0.39, 0.29) is 12.3 Å². The molecule has 33 heavy (non-hydrogen) atoms. The minimum atomic E-state index is -0.422. The number of anilines is 1. The van der Waals surface area contributed by atoms with Gasteiger partial charge in [0.15, 0.2) is 22.7 Å². The molecule has 1 fully saturated rings. The van der Waals surface area contributed by atoms with Gasteiger partial charge in [-0.3, -0.25) is 18.7 Å². The van der Waals surface area contributed by atoms with E-state index in [0.717, 1.165) is 4.57 Å². The van der Waals surface area contributed by atoms with Crippen LogP contribution in [-0.4, -0.2) is 36.2 Å². The van der Waals surface area contributed by atoms with Crippen molar-refractivity contribution < 1.29 is 9.53 Å². The van der Waals surface area contributed by atoms with Crippen LogP contribution >= 0.6 is 0 Å². The molecular formula is C23H30N6O4. The van der Waals surface area contributed by atoms with E-state index in [1.165, 1.54) is 50.0 Å². The molecule has 0 atom stereocenters. The van der Waals surface area contributed by atoms with Gasteiger partial charge in [-0.25, -0.2) is 14.8 Å². The lowest BCUT2D eigenvalue weighted by Gasteiger charge is -2.22. The number of pyridine rings is 1. The average molecular weight is 455 g/mol. The number of hydrogen-bond acceptors (Lipinski definition) is 6. The van der Waals surface area contributed by atoms with Crippen molar-refractivity contribution in [3.8, 4) is 5.75 Å². The van der Waals surface area contributed by atoms with Gasteiger partial charge < -0.3 is 14.6 Å². The summed E-state index contributed by atoms with van der Waals surface area (Å²) in [7, 11) is 3.02. The van der Waals surface area contributed by atoms with E-state index in [1.807, 2.05) is 6.07 Å². The quantitative estimate of drug-likeness (QED) is 0.558. The number of carbonyl (C=O) groups is 1. The number of ether oxygens (including phenoxy) is 1. The number of nitrogens with one attached hydrogen (secondary N) is 1. The Morgan fingerprint density at radius 3 is 2.73 bits per heavy atom. The summed E-state index contributed by atoms with van der Waals surface area (Å²) in [6.45, 7) is 1.06. The third-order valence-corrected chi connectivity index (χ3v) is 6.25. The SMILES string of the molecule is Cn1c(=O)c2c(ncn2CCCC(=O)Nc2ncccc2OCC2CCCCC2)n(C)c1=O. The molecule has 1 saturated carbocycles. The van der Waals surface area contributed by atoms with Crippen molar-refractivity contribution in [1.82, 2.24) is 23.7 Å². The topological polar surface area (TPSA) is 113 Å². The normalized spacial score (nSPS) is 14.5. The third-order valence-electron chi connectivity index (χ3n) is 6.25. The number of aryl methyl sites for hydroxylation is 2. The molecule has 1 N–H and O–H groups in total. The molecule has 176 valence electrons.